The highest BCUT2D eigenvalue weighted by Gasteiger charge is 2.44. The van der Waals surface area contributed by atoms with Crippen LogP contribution in [0.4, 0.5) is 0 Å². The molecule has 0 saturated carbocycles. The number of benzene rings is 1. The smallest absolute Gasteiger partial charge is 0.316 e. The lowest BCUT2D eigenvalue weighted by atomic mass is 9.83. The summed E-state index contributed by atoms with van der Waals surface area (Å²) in [6.07, 6.45) is 1.50. The Morgan fingerprint density at radius 3 is 2.68 bits per heavy atom. The van der Waals surface area contributed by atoms with Gasteiger partial charge >= 0.3 is 5.97 Å². The monoisotopic (exact) mass is 352 g/mol. The number of nitriles is 1. The van der Waals surface area contributed by atoms with Gasteiger partial charge in [-0.2, -0.15) is 5.26 Å². The molecule has 6 heteroatoms. The van der Waals surface area contributed by atoms with E-state index in [1.807, 2.05) is 30.3 Å². The number of rotatable bonds is 4. The third kappa shape index (κ3) is 3.24. The van der Waals surface area contributed by atoms with Gasteiger partial charge in [0.2, 0.25) is 0 Å². The molecule has 0 spiro atoms. The van der Waals surface area contributed by atoms with Crippen LogP contribution in [0.3, 0.4) is 0 Å². The fourth-order valence-electron chi connectivity index (χ4n) is 2.86. The van der Waals surface area contributed by atoms with E-state index < -0.39 is 17.8 Å². The van der Waals surface area contributed by atoms with Crippen LogP contribution in [0.15, 0.2) is 58.7 Å². The summed E-state index contributed by atoms with van der Waals surface area (Å²) in [4.78, 5) is 13.1. The minimum absolute atomic E-state index is 0.151. The molecule has 0 amide bonds. The van der Waals surface area contributed by atoms with Crippen molar-refractivity contribution < 1.29 is 13.9 Å². The van der Waals surface area contributed by atoms with Crippen LogP contribution in [-0.4, -0.2) is 17.6 Å². The molecule has 0 fully saturated rings. The van der Waals surface area contributed by atoms with E-state index in [2.05, 4.69) is 6.07 Å². The Morgan fingerprint density at radius 2 is 2.08 bits per heavy atom. The third-order valence-electron chi connectivity index (χ3n) is 3.93. The second kappa shape index (κ2) is 7.41. The van der Waals surface area contributed by atoms with Gasteiger partial charge in [-0.1, -0.05) is 42.1 Å². The van der Waals surface area contributed by atoms with Gasteiger partial charge in [0.1, 0.15) is 11.7 Å². The summed E-state index contributed by atoms with van der Waals surface area (Å²) in [7, 11) is 0. The number of allylic oxidation sites excluding steroid dienone is 1. The molecule has 1 N–H and O–H groups in total. The Kier molecular flexibility index (Phi) is 5.05. The lowest BCUT2D eigenvalue weighted by molar-refractivity contribution is -0.146. The van der Waals surface area contributed by atoms with Crippen LogP contribution >= 0.6 is 11.8 Å². The van der Waals surface area contributed by atoms with Crippen LogP contribution in [0.5, 0.6) is 0 Å². The van der Waals surface area contributed by atoms with Crippen molar-refractivity contribution >= 4 is 27.7 Å². The number of nitrogens with one attached hydrogen (secondary N) is 1. The number of esters is 1. The molecule has 5 nitrogen and oxygen atoms in total. The predicted molar refractivity (Wildman–Crippen MR) is 95.9 cm³/mol. The minimum Gasteiger partial charge on any atom is -0.469 e. The minimum atomic E-state index is -0.877. The molecule has 25 heavy (non-hydrogen) atoms. The van der Waals surface area contributed by atoms with E-state index in [0.717, 1.165) is 17.3 Å². The molecule has 0 radical (unpaired) electrons. The van der Waals surface area contributed by atoms with E-state index in [0.29, 0.717) is 16.2 Å². The highest BCUT2D eigenvalue weighted by atomic mass is 32.2. The number of carbonyl (C=O) groups excluding carboxylic acids is 1. The van der Waals surface area contributed by atoms with Crippen LogP contribution in [0.1, 0.15) is 24.2 Å². The topological polar surface area (TPSA) is 87.1 Å². The lowest BCUT2D eigenvalue weighted by Gasteiger charge is -2.30. The van der Waals surface area contributed by atoms with Crippen molar-refractivity contribution in [2.75, 3.05) is 6.61 Å². The number of nitrogens with zero attached hydrogens (tertiary/aromatic N) is 1. The molecule has 1 aromatic carbocycles. The molecule has 2 heterocycles. The SMILES string of the molecule is CCOC(=O)[C@H]1C(=N)SC(c2ccccc2)=C(C#N)[C@@H]1c1ccco1. The molecule has 0 saturated heterocycles. The zero-order valence-corrected chi connectivity index (χ0v) is 14.4. The number of thioether (sulfide) groups is 1. The number of hydrogen-bond acceptors (Lipinski definition) is 6. The van der Waals surface area contributed by atoms with Crippen LogP contribution in [0.2, 0.25) is 0 Å². The maximum Gasteiger partial charge on any atom is 0.316 e. The highest BCUT2D eigenvalue weighted by molar-refractivity contribution is 8.21. The summed E-state index contributed by atoms with van der Waals surface area (Å²) < 4.78 is 10.6. The zero-order chi connectivity index (χ0) is 17.8. The Bertz CT molecular complexity index is 851. The van der Waals surface area contributed by atoms with Crippen molar-refractivity contribution in [2.45, 2.75) is 12.8 Å². The number of furan rings is 1. The van der Waals surface area contributed by atoms with E-state index >= 15 is 0 Å². The first kappa shape index (κ1) is 17.1. The fourth-order valence-corrected chi connectivity index (χ4v) is 3.98. The number of carbonyl (C=O) groups is 1. The largest absolute Gasteiger partial charge is 0.469 e. The normalized spacial score (nSPS) is 20.2. The molecule has 1 aromatic heterocycles. The molecule has 2 aromatic rings. The molecule has 1 aliphatic rings. The van der Waals surface area contributed by atoms with Gasteiger partial charge in [-0.15, -0.1) is 0 Å². The maximum absolute atomic E-state index is 12.5. The molecule has 2 atom stereocenters. The Balaban J connectivity index is 2.17. The third-order valence-corrected chi connectivity index (χ3v) is 5.06. The van der Waals surface area contributed by atoms with Crippen molar-refractivity contribution in [3.05, 3.63) is 65.6 Å². The van der Waals surface area contributed by atoms with Crippen LogP contribution in [-0.2, 0) is 9.53 Å². The van der Waals surface area contributed by atoms with Crippen molar-refractivity contribution in [3.8, 4) is 6.07 Å². The Hall–Kier alpha value is -2.78. The summed E-state index contributed by atoms with van der Waals surface area (Å²) >= 11 is 1.13. The van der Waals surface area contributed by atoms with Gasteiger partial charge in [0.05, 0.1) is 35.5 Å². The van der Waals surface area contributed by atoms with E-state index in [9.17, 15) is 10.1 Å². The standard InChI is InChI=1S/C19H16N2O3S/c1-2-23-19(22)16-15(14-9-6-10-24-14)13(11-20)17(25-18(16)21)12-7-4-3-5-8-12/h3-10,15-16,21H,2H2,1H3/t15-,16-/m1/s1. The summed E-state index contributed by atoms with van der Waals surface area (Å²) in [5.74, 6) is -1.57. The second-order valence-corrected chi connectivity index (χ2v) is 6.46. The summed E-state index contributed by atoms with van der Waals surface area (Å²) in [5, 5.41) is 18.4. The van der Waals surface area contributed by atoms with Crippen molar-refractivity contribution in [1.29, 1.82) is 10.7 Å². The van der Waals surface area contributed by atoms with E-state index in [1.54, 1.807) is 19.1 Å². The van der Waals surface area contributed by atoms with E-state index in [4.69, 9.17) is 14.6 Å². The lowest BCUT2D eigenvalue weighted by Crippen LogP contribution is -2.33. The van der Waals surface area contributed by atoms with Crippen molar-refractivity contribution in [1.82, 2.24) is 0 Å². The van der Waals surface area contributed by atoms with Gasteiger partial charge < -0.3 is 9.15 Å². The highest BCUT2D eigenvalue weighted by Crippen LogP contribution is 2.48. The molecule has 126 valence electrons. The summed E-state index contributed by atoms with van der Waals surface area (Å²) in [5.41, 5.74) is 1.26. The van der Waals surface area contributed by atoms with Gasteiger partial charge in [-0.05, 0) is 24.6 Å². The fraction of sp³-hybridized carbons (Fsp3) is 0.211. The average molecular weight is 352 g/mol. The molecular formula is C19H16N2O3S. The summed E-state index contributed by atoms with van der Waals surface area (Å²) in [6, 6.07) is 15.1. The number of ether oxygens (including phenoxy) is 1. The molecule has 3 rings (SSSR count). The van der Waals surface area contributed by atoms with Gasteiger partial charge in [0.15, 0.2) is 0 Å². The van der Waals surface area contributed by atoms with Gasteiger partial charge in [0.25, 0.3) is 0 Å². The van der Waals surface area contributed by atoms with Crippen LogP contribution in [0.25, 0.3) is 4.91 Å². The Labute approximate surface area is 149 Å². The summed E-state index contributed by atoms with van der Waals surface area (Å²) in [6.45, 7) is 1.94. The molecule has 0 bridgehead atoms. The molecule has 0 aliphatic carbocycles. The van der Waals surface area contributed by atoms with E-state index in [-0.39, 0.29) is 11.7 Å². The van der Waals surface area contributed by atoms with Gasteiger partial charge in [-0.25, -0.2) is 0 Å². The first-order valence-electron chi connectivity index (χ1n) is 7.83. The maximum atomic E-state index is 12.5. The first-order chi connectivity index (χ1) is 12.2. The van der Waals surface area contributed by atoms with Crippen LogP contribution < -0.4 is 0 Å². The van der Waals surface area contributed by atoms with E-state index in [1.165, 1.54) is 6.26 Å². The molecule has 0 unspecified atom stereocenters. The molecular weight excluding hydrogens is 336 g/mol. The van der Waals surface area contributed by atoms with Crippen molar-refractivity contribution in [2.24, 2.45) is 5.92 Å². The van der Waals surface area contributed by atoms with Gasteiger partial charge in [-0.3, -0.25) is 10.2 Å². The van der Waals surface area contributed by atoms with Gasteiger partial charge in [0, 0.05) is 4.91 Å². The second-order valence-electron chi connectivity index (χ2n) is 5.41. The average Bonchev–Trinajstić information content (AvgIpc) is 3.16. The Morgan fingerprint density at radius 1 is 1.32 bits per heavy atom. The first-order valence-corrected chi connectivity index (χ1v) is 8.65. The predicted octanol–water partition coefficient (Wildman–Crippen LogP) is 4.20. The zero-order valence-electron chi connectivity index (χ0n) is 13.6. The van der Waals surface area contributed by atoms with Crippen LogP contribution in [0, 0.1) is 22.7 Å². The molecule has 1 aliphatic heterocycles. The van der Waals surface area contributed by atoms with Crippen molar-refractivity contribution in [3.63, 3.8) is 0 Å². The number of hydrogen-bond donors (Lipinski definition) is 1. The quantitative estimate of drug-likeness (QED) is 0.833.